The monoisotopic (exact) mass is 242 g/mol. The summed E-state index contributed by atoms with van der Waals surface area (Å²) < 4.78 is 0. The van der Waals surface area contributed by atoms with Gasteiger partial charge in [0, 0.05) is 6.42 Å². The van der Waals surface area contributed by atoms with Crippen LogP contribution < -0.4 is 10.6 Å². The van der Waals surface area contributed by atoms with E-state index in [-0.39, 0.29) is 5.91 Å². The van der Waals surface area contributed by atoms with Gasteiger partial charge in [0.25, 0.3) is 0 Å². The topological polar surface area (TPSA) is 78.4 Å². The predicted molar refractivity (Wildman–Crippen MR) is 64.7 cm³/mol. The molecular formula is C12H22N2O3. The van der Waals surface area contributed by atoms with Gasteiger partial charge in [-0.15, -0.1) is 0 Å². The maximum absolute atomic E-state index is 11.6. The standard InChI is InChI=1S/C12H22N2O3/c1-2-3-10(12(16)17)14-11(15)5-4-9-6-7-13-8-9/h9-10,13H,2-8H2,1H3,(H,14,15)(H,16,17). The molecule has 98 valence electrons. The van der Waals surface area contributed by atoms with Crippen LogP contribution in [0.15, 0.2) is 0 Å². The molecule has 1 aliphatic rings. The Morgan fingerprint density at radius 1 is 1.53 bits per heavy atom. The summed E-state index contributed by atoms with van der Waals surface area (Å²) in [6, 6.07) is -0.728. The summed E-state index contributed by atoms with van der Waals surface area (Å²) in [4.78, 5) is 22.5. The lowest BCUT2D eigenvalue weighted by molar-refractivity contribution is -0.142. The zero-order valence-electron chi connectivity index (χ0n) is 10.4. The smallest absolute Gasteiger partial charge is 0.326 e. The van der Waals surface area contributed by atoms with E-state index in [0.29, 0.717) is 18.8 Å². The Labute approximate surface area is 102 Å². The van der Waals surface area contributed by atoms with Gasteiger partial charge in [-0.1, -0.05) is 13.3 Å². The lowest BCUT2D eigenvalue weighted by Crippen LogP contribution is -2.40. The maximum Gasteiger partial charge on any atom is 0.326 e. The first-order valence-corrected chi connectivity index (χ1v) is 6.36. The van der Waals surface area contributed by atoms with Gasteiger partial charge in [0.15, 0.2) is 0 Å². The SMILES string of the molecule is CCCC(NC(=O)CCC1CCNC1)C(=O)O. The molecule has 0 saturated carbocycles. The fraction of sp³-hybridized carbons (Fsp3) is 0.833. The molecule has 5 nitrogen and oxygen atoms in total. The lowest BCUT2D eigenvalue weighted by Gasteiger charge is -2.14. The van der Waals surface area contributed by atoms with Crippen LogP contribution in [0.3, 0.4) is 0 Å². The molecule has 5 heteroatoms. The number of carbonyl (C=O) groups is 2. The molecule has 0 spiro atoms. The van der Waals surface area contributed by atoms with Crippen LogP contribution in [0.4, 0.5) is 0 Å². The molecule has 1 saturated heterocycles. The third-order valence-corrected chi connectivity index (χ3v) is 3.15. The van der Waals surface area contributed by atoms with Gasteiger partial charge in [-0.2, -0.15) is 0 Å². The summed E-state index contributed by atoms with van der Waals surface area (Å²) in [7, 11) is 0. The van der Waals surface area contributed by atoms with Crippen molar-refractivity contribution in [2.45, 2.75) is 45.1 Å². The number of carboxylic acids is 1. The van der Waals surface area contributed by atoms with Crippen molar-refractivity contribution in [1.29, 1.82) is 0 Å². The molecule has 0 aromatic rings. The van der Waals surface area contributed by atoms with E-state index in [9.17, 15) is 9.59 Å². The second-order valence-corrected chi connectivity index (χ2v) is 4.64. The fourth-order valence-electron chi connectivity index (χ4n) is 2.11. The highest BCUT2D eigenvalue weighted by molar-refractivity contribution is 5.83. The van der Waals surface area contributed by atoms with Crippen LogP contribution >= 0.6 is 0 Å². The molecule has 0 aromatic carbocycles. The molecule has 1 amide bonds. The van der Waals surface area contributed by atoms with Crippen molar-refractivity contribution < 1.29 is 14.7 Å². The Bertz CT molecular complexity index is 262. The molecule has 0 aromatic heterocycles. The Morgan fingerprint density at radius 3 is 2.82 bits per heavy atom. The predicted octanol–water partition coefficient (Wildman–Crippen LogP) is 0.746. The van der Waals surface area contributed by atoms with Gasteiger partial charge in [-0.25, -0.2) is 4.79 Å². The molecule has 2 unspecified atom stereocenters. The second-order valence-electron chi connectivity index (χ2n) is 4.64. The first-order chi connectivity index (χ1) is 8.13. The minimum atomic E-state index is -0.942. The van der Waals surface area contributed by atoms with E-state index >= 15 is 0 Å². The van der Waals surface area contributed by atoms with E-state index in [1.807, 2.05) is 6.92 Å². The maximum atomic E-state index is 11.6. The number of rotatable bonds is 7. The van der Waals surface area contributed by atoms with Crippen LogP contribution in [0, 0.1) is 5.92 Å². The zero-order chi connectivity index (χ0) is 12.7. The third kappa shape index (κ3) is 5.17. The van der Waals surface area contributed by atoms with Gasteiger partial charge in [0.05, 0.1) is 0 Å². The van der Waals surface area contributed by atoms with Gasteiger partial charge >= 0.3 is 5.97 Å². The van der Waals surface area contributed by atoms with Crippen molar-refractivity contribution in [3.63, 3.8) is 0 Å². The largest absolute Gasteiger partial charge is 0.480 e. The van der Waals surface area contributed by atoms with Crippen molar-refractivity contribution in [1.82, 2.24) is 10.6 Å². The van der Waals surface area contributed by atoms with Crippen molar-refractivity contribution >= 4 is 11.9 Å². The fourth-order valence-corrected chi connectivity index (χ4v) is 2.11. The highest BCUT2D eigenvalue weighted by atomic mass is 16.4. The van der Waals surface area contributed by atoms with Gasteiger partial charge in [0.2, 0.25) is 5.91 Å². The Kier molecular flexibility index (Phi) is 5.97. The minimum Gasteiger partial charge on any atom is -0.480 e. The quantitative estimate of drug-likeness (QED) is 0.615. The van der Waals surface area contributed by atoms with Crippen molar-refractivity contribution in [2.24, 2.45) is 5.92 Å². The van der Waals surface area contributed by atoms with Crippen molar-refractivity contribution in [2.75, 3.05) is 13.1 Å². The van der Waals surface area contributed by atoms with E-state index in [4.69, 9.17) is 5.11 Å². The highest BCUT2D eigenvalue weighted by Gasteiger charge is 2.20. The third-order valence-electron chi connectivity index (χ3n) is 3.15. The number of aliphatic carboxylic acids is 1. The van der Waals surface area contributed by atoms with E-state index < -0.39 is 12.0 Å². The number of carboxylic acid groups (broad SMARTS) is 1. The summed E-state index contributed by atoms with van der Waals surface area (Å²) in [5, 5.41) is 14.7. The van der Waals surface area contributed by atoms with Crippen LogP contribution in [0.5, 0.6) is 0 Å². The number of carbonyl (C=O) groups excluding carboxylic acids is 1. The summed E-state index contributed by atoms with van der Waals surface area (Å²) in [5.74, 6) is -0.518. The van der Waals surface area contributed by atoms with Crippen LogP contribution in [-0.2, 0) is 9.59 Å². The minimum absolute atomic E-state index is 0.141. The van der Waals surface area contributed by atoms with Gasteiger partial charge in [-0.3, -0.25) is 4.79 Å². The summed E-state index contributed by atoms with van der Waals surface area (Å²) >= 11 is 0. The van der Waals surface area contributed by atoms with E-state index in [1.54, 1.807) is 0 Å². The van der Waals surface area contributed by atoms with Crippen LogP contribution in [0.1, 0.15) is 39.0 Å². The molecule has 1 aliphatic heterocycles. The Balaban J connectivity index is 2.23. The molecule has 1 heterocycles. The zero-order valence-corrected chi connectivity index (χ0v) is 10.4. The number of nitrogens with one attached hydrogen (secondary N) is 2. The van der Waals surface area contributed by atoms with Gasteiger partial charge in [-0.05, 0) is 38.3 Å². The Morgan fingerprint density at radius 2 is 2.29 bits per heavy atom. The van der Waals surface area contributed by atoms with Crippen molar-refractivity contribution in [3.8, 4) is 0 Å². The number of hydrogen-bond donors (Lipinski definition) is 3. The van der Waals surface area contributed by atoms with Crippen LogP contribution in [0.2, 0.25) is 0 Å². The molecule has 2 atom stereocenters. The lowest BCUT2D eigenvalue weighted by atomic mass is 10.0. The average Bonchev–Trinajstić information content (AvgIpc) is 2.78. The molecule has 1 rings (SSSR count). The second kappa shape index (κ2) is 7.27. The molecule has 0 bridgehead atoms. The summed E-state index contributed by atoms with van der Waals surface area (Å²) in [6.07, 6.45) is 3.64. The van der Waals surface area contributed by atoms with E-state index in [2.05, 4.69) is 10.6 Å². The van der Waals surface area contributed by atoms with Crippen LogP contribution in [0.25, 0.3) is 0 Å². The molecule has 1 fully saturated rings. The highest BCUT2D eigenvalue weighted by Crippen LogP contribution is 2.14. The average molecular weight is 242 g/mol. The number of hydrogen-bond acceptors (Lipinski definition) is 3. The molecular weight excluding hydrogens is 220 g/mol. The first-order valence-electron chi connectivity index (χ1n) is 6.36. The molecule has 17 heavy (non-hydrogen) atoms. The normalized spacial score (nSPS) is 21.1. The van der Waals surface area contributed by atoms with E-state index in [1.165, 1.54) is 0 Å². The van der Waals surface area contributed by atoms with Gasteiger partial charge < -0.3 is 15.7 Å². The van der Waals surface area contributed by atoms with Crippen LogP contribution in [-0.4, -0.2) is 36.1 Å². The number of amides is 1. The summed E-state index contributed by atoms with van der Waals surface area (Å²) in [5.41, 5.74) is 0. The summed E-state index contributed by atoms with van der Waals surface area (Å²) in [6.45, 7) is 3.91. The molecule has 3 N–H and O–H groups in total. The molecule has 0 radical (unpaired) electrons. The first kappa shape index (κ1) is 14.0. The van der Waals surface area contributed by atoms with E-state index in [0.717, 1.165) is 32.4 Å². The van der Waals surface area contributed by atoms with Crippen molar-refractivity contribution in [3.05, 3.63) is 0 Å². The Hall–Kier alpha value is -1.10. The van der Waals surface area contributed by atoms with Gasteiger partial charge in [0.1, 0.15) is 6.04 Å². The molecule has 0 aliphatic carbocycles.